The number of benzene rings is 2. The molecule has 4 heteroatoms. The van der Waals surface area contributed by atoms with Crippen molar-refractivity contribution in [1.82, 2.24) is 5.32 Å². The van der Waals surface area contributed by atoms with Gasteiger partial charge < -0.3 is 5.32 Å². The first-order chi connectivity index (χ1) is 9.13. The van der Waals surface area contributed by atoms with Crippen molar-refractivity contribution >= 4 is 15.9 Å². The molecule has 0 saturated heterocycles. The monoisotopic (exact) mass is 325 g/mol. The zero-order valence-electron chi connectivity index (χ0n) is 10.5. The lowest BCUT2D eigenvalue weighted by atomic mass is 9.99. The summed E-state index contributed by atoms with van der Waals surface area (Å²) in [6.45, 7) is 3.37. The summed E-state index contributed by atoms with van der Waals surface area (Å²) in [5.74, 6) is -0.736. The minimum Gasteiger partial charge on any atom is -0.313 e. The zero-order valence-corrected chi connectivity index (χ0v) is 12.1. The molecule has 2 aromatic rings. The molecular formula is C15H14BrF2N. The van der Waals surface area contributed by atoms with Gasteiger partial charge in [0.15, 0.2) is 0 Å². The second-order valence-corrected chi connectivity index (χ2v) is 5.04. The molecular weight excluding hydrogens is 312 g/mol. The Kier molecular flexibility index (Phi) is 4.66. The van der Waals surface area contributed by atoms with Crippen molar-refractivity contribution in [3.8, 4) is 11.1 Å². The van der Waals surface area contributed by atoms with E-state index in [1.807, 2.05) is 6.92 Å². The van der Waals surface area contributed by atoms with Crippen LogP contribution in [0.3, 0.4) is 0 Å². The molecule has 1 nitrogen and oxygen atoms in total. The van der Waals surface area contributed by atoms with Crippen molar-refractivity contribution < 1.29 is 8.78 Å². The first kappa shape index (κ1) is 14.2. The van der Waals surface area contributed by atoms with Gasteiger partial charge in [0.25, 0.3) is 0 Å². The maximum absolute atomic E-state index is 14.1. The fourth-order valence-corrected chi connectivity index (χ4v) is 2.29. The number of nitrogens with one attached hydrogen (secondary N) is 1. The molecule has 0 fully saturated rings. The van der Waals surface area contributed by atoms with Gasteiger partial charge in [-0.3, -0.25) is 0 Å². The van der Waals surface area contributed by atoms with Gasteiger partial charge in [0.05, 0.1) is 4.47 Å². The molecule has 0 unspecified atom stereocenters. The third-order valence-corrected chi connectivity index (χ3v) is 3.49. The minimum absolute atomic E-state index is 0.366. The van der Waals surface area contributed by atoms with E-state index in [9.17, 15) is 8.78 Å². The standard InChI is InChI=1S/C15H14BrF2N/c1-2-19-9-10-6-7-11(17)8-13(10)12-4-3-5-14(16)15(12)18/h3-8,19H,2,9H2,1H3. The molecule has 100 valence electrons. The lowest BCUT2D eigenvalue weighted by molar-refractivity contribution is 0.619. The Morgan fingerprint density at radius 1 is 1.11 bits per heavy atom. The summed E-state index contributed by atoms with van der Waals surface area (Å²) < 4.78 is 27.9. The molecule has 0 saturated carbocycles. The fraction of sp³-hybridized carbons (Fsp3) is 0.200. The first-order valence-corrected chi connectivity index (χ1v) is 6.86. The second kappa shape index (κ2) is 6.26. The lowest BCUT2D eigenvalue weighted by Crippen LogP contribution is -2.12. The molecule has 2 aromatic carbocycles. The van der Waals surface area contributed by atoms with E-state index >= 15 is 0 Å². The fourth-order valence-electron chi connectivity index (χ4n) is 1.93. The van der Waals surface area contributed by atoms with Gasteiger partial charge in [-0.1, -0.05) is 25.1 Å². The van der Waals surface area contributed by atoms with Crippen LogP contribution in [0, 0.1) is 11.6 Å². The molecule has 0 bridgehead atoms. The van der Waals surface area contributed by atoms with Gasteiger partial charge >= 0.3 is 0 Å². The van der Waals surface area contributed by atoms with Crippen LogP contribution < -0.4 is 5.32 Å². The number of rotatable bonds is 4. The summed E-state index contributed by atoms with van der Waals surface area (Å²) in [6.07, 6.45) is 0. The molecule has 0 aliphatic rings. The van der Waals surface area contributed by atoms with Crippen LogP contribution in [0.25, 0.3) is 11.1 Å². The van der Waals surface area contributed by atoms with E-state index in [2.05, 4.69) is 21.2 Å². The van der Waals surface area contributed by atoms with E-state index < -0.39 is 0 Å². The normalized spacial score (nSPS) is 10.7. The van der Waals surface area contributed by atoms with Crippen LogP contribution in [0.4, 0.5) is 8.78 Å². The highest BCUT2D eigenvalue weighted by molar-refractivity contribution is 9.10. The molecule has 2 rings (SSSR count). The van der Waals surface area contributed by atoms with Gasteiger partial charge in [0.1, 0.15) is 11.6 Å². The summed E-state index contributed by atoms with van der Waals surface area (Å²) >= 11 is 3.15. The molecule has 0 aliphatic heterocycles. The Balaban J connectivity index is 2.53. The van der Waals surface area contributed by atoms with Gasteiger partial charge in [0.2, 0.25) is 0 Å². The van der Waals surface area contributed by atoms with E-state index in [1.54, 1.807) is 24.3 Å². The summed E-state index contributed by atoms with van der Waals surface area (Å²) in [4.78, 5) is 0. The van der Waals surface area contributed by atoms with Crippen LogP contribution in [0.15, 0.2) is 40.9 Å². The largest absolute Gasteiger partial charge is 0.313 e. The average molecular weight is 326 g/mol. The third-order valence-electron chi connectivity index (χ3n) is 2.88. The van der Waals surface area contributed by atoms with Crippen molar-refractivity contribution in [2.24, 2.45) is 0 Å². The van der Waals surface area contributed by atoms with Crippen molar-refractivity contribution in [1.29, 1.82) is 0 Å². The number of hydrogen-bond acceptors (Lipinski definition) is 1. The predicted octanol–water partition coefficient (Wildman–Crippen LogP) is 4.50. The topological polar surface area (TPSA) is 12.0 Å². The predicted molar refractivity (Wildman–Crippen MR) is 76.9 cm³/mol. The Labute approximate surface area is 119 Å². The van der Waals surface area contributed by atoms with Gasteiger partial charge in [-0.25, -0.2) is 8.78 Å². The smallest absolute Gasteiger partial charge is 0.145 e. The Morgan fingerprint density at radius 3 is 2.63 bits per heavy atom. The van der Waals surface area contributed by atoms with Crippen LogP contribution in [0.1, 0.15) is 12.5 Å². The highest BCUT2D eigenvalue weighted by atomic mass is 79.9. The van der Waals surface area contributed by atoms with Crippen LogP contribution in [-0.2, 0) is 6.54 Å². The SMILES string of the molecule is CCNCc1ccc(F)cc1-c1cccc(Br)c1F. The molecule has 19 heavy (non-hydrogen) atoms. The van der Waals surface area contributed by atoms with Crippen molar-refractivity contribution in [3.05, 3.63) is 58.1 Å². The van der Waals surface area contributed by atoms with Gasteiger partial charge in [-0.15, -0.1) is 0 Å². The molecule has 0 aliphatic carbocycles. The number of hydrogen-bond donors (Lipinski definition) is 1. The molecule has 0 radical (unpaired) electrons. The average Bonchev–Trinajstić information content (AvgIpc) is 2.40. The Morgan fingerprint density at radius 2 is 1.89 bits per heavy atom. The van der Waals surface area contributed by atoms with Crippen molar-refractivity contribution in [2.75, 3.05) is 6.54 Å². The summed E-state index contributed by atoms with van der Waals surface area (Å²) in [6, 6.07) is 9.48. The van der Waals surface area contributed by atoms with Crippen LogP contribution >= 0.6 is 15.9 Å². The summed E-state index contributed by atoms with van der Waals surface area (Å²) in [5.41, 5.74) is 1.86. The first-order valence-electron chi connectivity index (χ1n) is 6.07. The molecule has 0 amide bonds. The van der Waals surface area contributed by atoms with E-state index in [1.165, 1.54) is 12.1 Å². The highest BCUT2D eigenvalue weighted by Gasteiger charge is 2.12. The molecule has 0 atom stereocenters. The van der Waals surface area contributed by atoms with E-state index in [0.717, 1.165) is 12.1 Å². The van der Waals surface area contributed by atoms with E-state index in [4.69, 9.17) is 0 Å². The highest BCUT2D eigenvalue weighted by Crippen LogP contribution is 2.30. The van der Waals surface area contributed by atoms with Gasteiger partial charge in [-0.2, -0.15) is 0 Å². The Bertz CT molecular complexity index is 584. The van der Waals surface area contributed by atoms with E-state index in [-0.39, 0.29) is 11.6 Å². The zero-order chi connectivity index (χ0) is 13.8. The second-order valence-electron chi connectivity index (χ2n) is 4.18. The van der Waals surface area contributed by atoms with E-state index in [0.29, 0.717) is 22.1 Å². The van der Waals surface area contributed by atoms with Crippen LogP contribution in [-0.4, -0.2) is 6.54 Å². The number of halogens is 3. The van der Waals surface area contributed by atoms with Gasteiger partial charge in [-0.05, 0) is 51.8 Å². The van der Waals surface area contributed by atoms with Crippen LogP contribution in [0.2, 0.25) is 0 Å². The van der Waals surface area contributed by atoms with Gasteiger partial charge in [0, 0.05) is 12.1 Å². The lowest BCUT2D eigenvalue weighted by Gasteiger charge is -2.12. The maximum atomic E-state index is 14.1. The van der Waals surface area contributed by atoms with Crippen LogP contribution in [0.5, 0.6) is 0 Å². The molecule has 0 aromatic heterocycles. The summed E-state index contributed by atoms with van der Waals surface area (Å²) in [5, 5.41) is 3.17. The molecule has 0 spiro atoms. The third kappa shape index (κ3) is 3.19. The minimum atomic E-state index is -0.370. The Hall–Kier alpha value is -1.26. The van der Waals surface area contributed by atoms with Crippen molar-refractivity contribution in [3.63, 3.8) is 0 Å². The van der Waals surface area contributed by atoms with Crippen molar-refractivity contribution in [2.45, 2.75) is 13.5 Å². The quantitative estimate of drug-likeness (QED) is 0.872. The molecule has 0 heterocycles. The maximum Gasteiger partial charge on any atom is 0.145 e. The molecule has 1 N–H and O–H groups in total. The summed E-state index contributed by atoms with van der Waals surface area (Å²) in [7, 11) is 0.